The average Bonchev–Trinajstić information content (AvgIpc) is 3.28. The number of aromatic nitrogens is 3. The first-order valence-electron chi connectivity index (χ1n) is 10.8. The number of aliphatic hydroxyl groups is 1. The Morgan fingerprint density at radius 2 is 2.12 bits per heavy atom. The van der Waals surface area contributed by atoms with E-state index in [4.69, 9.17) is 4.74 Å². The lowest BCUT2D eigenvalue weighted by molar-refractivity contribution is -0.0183. The Labute approximate surface area is 201 Å². The number of hydrogen-bond acceptors (Lipinski definition) is 10. The predicted molar refractivity (Wildman–Crippen MR) is 132 cm³/mol. The fourth-order valence-corrected chi connectivity index (χ4v) is 4.71. The third kappa shape index (κ3) is 5.91. The van der Waals surface area contributed by atoms with Gasteiger partial charge in [-0.05, 0) is 30.4 Å². The van der Waals surface area contributed by atoms with Crippen LogP contribution in [0.3, 0.4) is 0 Å². The Morgan fingerprint density at radius 1 is 1.33 bits per heavy atom. The van der Waals surface area contributed by atoms with Gasteiger partial charge in [-0.3, -0.25) is 4.79 Å². The van der Waals surface area contributed by atoms with Gasteiger partial charge in [-0.1, -0.05) is 18.3 Å². The molecule has 3 N–H and O–H groups in total. The number of carbonyl (C=O) groups excluding carboxylic acids is 1. The molecule has 33 heavy (non-hydrogen) atoms. The summed E-state index contributed by atoms with van der Waals surface area (Å²) in [6.45, 7) is 4.85. The van der Waals surface area contributed by atoms with E-state index in [1.807, 2.05) is 30.8 Å². The van der Waals surface area contributed by atoms with Crippen LogP contribution >= 0.6 is 23.1 Å². The molecule has 1 amide bonds. The summed E-state index contributed by atoms with van der Waals surface area (Å²) in [4.78, 5) is 29.0. The zero-order chi connectivity index (χ0) is 23.2. The third-order valence-corrected chi connectivity index (χ3v) is 7.07. The molecule has 3 heterocycles. The van der Waals surface area contributed by atoms with E-state index in [9.17, 15) is 9.90 Å². The van der Waals surface area contributed by atoms with E-state index in [0.29, 0.717) is 37.2 Å². The molecule has 1 aliphatic heterocycles. The molecule has 2 aromatic heterocycles. The van der Waals surface area contributed by atoms with E-state index < -0.39 is 0 Å². The molecule has 1 aliphatic rings. The first-order chi connectivity index (χ1) is 16.1. The lowest BCUT2D eigenvalue weighted by atomic mass is 10.1. The summed E-state index contributed by atoms with van der Waals surface area (Å²) in [5.74, 6) is 0.866. The molecule has 1 aromatic carbocycles. The molecular formula is C22H28N6O3S2. The molecule has 0 aliphatic carbocycles. The molecule has 0 spiro atoms. The SMILES string of the molecule is CSc1cnc(NC[C@H](C)CNc2nc3ccc(C(=O)N4CCOCC4CO)cc3s2)nc1. The topological polar surface area (TPSA) is 112 Å². The van der Waals surface area contributed by atoms with Gasteiger partial charge in [0.1, 0.15) is 0 Å². The van der Waals surface area contributed by atoms with Crippen LogP contribution in [0.15, 0.2) is 35.5 Å². The summed E-state index contributed by atoms with van der Waals surface area (Å²) < 4.78 is 6.33. The monoisotopic (exact) mass is 488 g/mol. The second kappa shape index (κ2) is 11.1. The minimum absolute atomic E-state index is 0.0883. The van der Waals surface area contributed by atoms with Gasteiger partial charge in [0.25, 0.3) is 5.91 Å². The number of nitrogens with one attached hydrogen (secondary N) is 2. The standard InChI is InChI=1S/C22H28N6O3S2/c1-14(8-23-21-24-10-17(32-2)11-25-21)9-26-22-27-18-4-3-15(7-19(18)33-22)20(30)28-5-6-31-13-16(28)12-29/h3-4,7,10-11,14,16,29H,5-6,8-9,12-13H2,1-2H3,(H,26,27)(H,23,24,25)/t14-,16?/m0/s1. The Hall–Kier alpha value is -2.47. The van der Waals surface area contributed by atoms with Crippen LogP contribution in [0.4, 0.5) is 11.1 Å². The summed E-state index contributed by atoms with van der Waals surface area (Å²) in [6, 6.07) is 5.25. The van der Waals surface area contributed by atoms with Crippen molar-refractivity contribution in [3.05, 3.63) is 36.2 Å². The van der Waals surface area contributed by atoms with Crippen LogP contribution in [0, 0.1) is 5.92 Å². The van der Waals surface area contributed by atoms with Crippen molar-refractivity contribution in [3.8, 4) is 0 Å². The Bertz CT molecular complexity index is 1080. The molecule has 1 saturated heterocycles. The Morgan fingerprint density at radius 3 is 2.88 bits per heavy atom. The molecule has 3 aromatic rings. The van der Waals surface area contributed by atoms with Crippen LogP contribution in [0.5, 0.6) is 0 Å². The zero-order valence-corrected chi connectivity index (χ0v) is 20.3. The highest BCUT2D eigenvalue weighted by Crippen LogP contribution is 2.28. The smallest absolute Gasteiger partial charge is 0.254 e. The maximum absolute atomic E-state index is 13.0. The number of benzene rings is 1. The van der Waals surface area contributed by atoms with E-state index in [-0.39, 0.29) is 18.6 Å². The highest BCUT2D eigenvalue weighted by atomic mass is 32.2. The van der Waals surface area contributed by atoms with Crippen LogP contribution in [0.1, 0.15) is 17.3 Å². The molecule has 4 rings (SSSR count). The van der Waals surface area contributed by atoms with Crippen LogP contribution in [0.2, 0.25) is 0 Å². The maximum atomic E-state index is 13.0. The quantitative estimate of drug-likeness (QED) is 0.391. The van der Waals surface area contributed by atoms with Crippen molar-refractivity contribution < 1.29 is 14.6 Å². The van der Waals surface area contributed by atoms with Gasteiger partial charge < -0.3 is 25.4 Å². The molecule has 2 atom stereocenters. The molecule has 11 heteroatoms. The van der Waals surface area contributed by atoms with Crippen molar-refractivity contribution in [2.45, 2.75) is 17.9 Å². The van der Waals surface area contributed by atoms with Crippen LogP contribution < -0.4 is 10.6 Å². The van der Waals surface area contributed by atoms with Gasteiger partial charge in [-0.25, -0.2) is 15.0 Å². The van der Waals surface area contributed by atoms with Crippen LogP contribution in [-0.2, 0) is 4.74 Å². The van der Waals surface area contributed by atoms with Crippen molar-refractivity contribution in [2.24, 2.45) is 5.92 Å². The lowest BCUT2D eigenvalue weighted by Crippen LogP contribution is -2.50. The molecule has 176 valence electrons. The largest absolute Gasteiger partial charge is 0.394 e. The molecule has 9 nitrogen and oxygen atoms in total. The van der Waals surface area contributed by atoms with Crippen molar-refractivity contribution in [2.75, 3.05) is 56.3 Å². The van der Waals surface area contributed by atoms with Gasteiger partial charge in [0, 0.05) is 42.5 Å². The number of morpholine rings is 1. The molecule has 0 bridgehead atoms. The van der Waals surface area contributed by atoms with Gasteiger partial charge in [0.15, 0.2) is 5.13 Å². The van der Waals surface area contributed by atoms with E-state index in [1.54, 1.807) is 22.7 Å². The number of aliphatic hydroxyl groups excluding tert-OH is 1. The van der Waals surface area contributed by atoms with E-state index in [1.165, 1.54) is 11.3 Å². The number of ether oxygens (including phenoxy) is 1. The van der Waals surface area contributed by atoms with Gasteiger partial charge in [-0.2, -0.15) is 0 Å². The number of nitrogens with zero attached hydrogens (tertiary/aromatic N) is 4. The maximum Gasteiger partial charge on any atom is 0.254 e. The van der Waals surface area contributed by atoms with Gasteiger partial charge >= 0.3 is 0 Å². The van der Waals surface area contributed by atoms with Gasteiger partial charge in [0.2, 0.25) is 5.95 Å². The normalized spacial score (nSPS) is 17.2. The van der Waals surface area contributed by atoms with Crippen LogP contribution in [-0.4, -0.2) is 82.6 Å². The number of thiazole rings is 1. The molecule has 1 unspecified atom stereocenters. The van der Waals surface area contributed by atoms with Gasteiger partial charge in [-0.15, -0.1) is 11.8 Å². The summed E-state index contributed by atoms with van der Waals surface area (Å²) >= 11 is 3.14. The van der Waals surface area contributed by atoms with Crippen molar-refractivity contribution in [1.82, 2.24) is 19.9 Å². The Balaban J connectivity index is 1.33. The summed E-state index contributed by atoms with van der Waals surface area (Å²) in [5.41, 5.74) is 1.45. The van der Waals surface area contributed by atoms with E-state index >= 15 is 0 Å². The number of thioether (sulfide) groups is 1. The van der Waals surface area contributed by atoms with Crippen LogP contribution in [0.25, 0.3) is 10.2 Å². The van der Waals surface area contributed by atoms with E-state index in [2.05, 4.69) is 32.5 Å². The fourth-order valence-electron chi connectivity index (χ4n) is 3.48. The number of carbonyl (C=O) groups is 1. The van der Waals surface area contributed by atoms with Crippen molar-refractivity contribution in [3.63, 3.8) is 0 Å². The highest BCUT2D eigenvalue weighted by molar-refractivity contribution is 7.98. The molecule has 1 fully saturated rings. The second-order valence-corrected chi connectivity index (χ2v) is 9.84. The minimum Gasteiger partial charge on any atom is -0.394 e. The predicted octanol–water partition coefficient (Wildman–Crippen LogP) is 2.80. The highest BCUT2D eigenvalue weighted by Gasteiger charge is 2.27. The number of rotatable bonds is 9. The number of amides is 1. The second-order valence-electron chi connectivity index (χ2n) is 7.92. The average molecular weight is 489 g/mol. The zero-order valence-electron chi connectivity index (χ0n) is 18.7. The fraction of sp³-hybridized carbons (Fsp3) is 0.455. The van der Waals surface area contributed by atoms with Crippen molar-refractivity contribution >= 4 is 50.3 Å². The summed E-state index contributed by atoms with van der Waals surface area (Å²) in [6.07, 6.45) is 5.62. The van der Waals surface area contributed by atoms with Crippen molar-refractivity contribution in [1.29, 1.82) is 0 Å². The molecular weight excluding hydrogens is 460 g/mol. The Kier molecular flexibility index (Phi) is 7.97. The summed E-state index contributed by atoms with van der Waals surface area (Å²) in [5, 5.41) is 17.0. The number of anilines is 2. The number of hydrogen-bond donors (Lipinski definition) is 3. The minimum atomic E-state index is -0.301. The number of fused-ring (bicyclic) bond motifs is 1. The first kappa shape index (κ1) is 23.7. The third-order valence-electron chi connectivity index (χ3n) is 5.41. The molecule has 0 radical (unpaired) electrons. The lowest BCUT2D eigenvalue weighted by Gasteiger charge is -2.34. The van der Waals surface area contributed by atoms with E-state index in [0.717, 1.165) is 33.3 Å². The summed E-state index contributed by atoms with van der Waals surface area (Å²) in [7, 11) is 0. The van der Waals surface area contributed by atoms with Gasteiger partial charge in [0.05, 0.1) is 36.1 Å². The molecule has 0 saturated carbocycles. The first-order valence-corrected chi connectivity index (χ1v) is 12.9.